The summed E-state index contributed by atoms with van der Waals surface area (Å²) in [7, 11) is 0. The van der Waals surface area contributed by atoms with E-state index in [0.29, 0.717) is 5.56 Å². The van der Waals surface area contributed by atoms with Gasteiger partial charge in [-0.05, 0) is 50.6 Å². The molecule has 1 unspecified atom stereocenters. The van der Waals surface area contributed by atoms with Gasteiger partial charge in [0.15, 0.2) is 0 Å². The van der Waals surface area contributed by atoms with Gasteiger partial charge in [0.25, 0.3) is 5.91 Å². The molecule has 2 rings (SSSR count). The number of alkyl halides is 3. The fraction of sp³-hybridized carbons (Fsp3) is 0.316. The fourth-order valence-electron chi connectivity index (χ4n) is 2.80. The number of hydrogen-bond acceptors (Lipinski definition) is 3. The fourth-order valence-corrected chi connectivity index (χ4v) is 2.80. The molecule has 1 atom stereocenters. The van der Waals surface area contributed by atoms with Crippen molar-refractivity contribution in [3.63, 3.8) is 0 Å². The van der Waals surface area contributed by atoms with Crippen molar-refractivity contribution in [3.05, 3.63) is 64.5 Å². The lowest BCUT2D eigenvalue weighted by molar-refractivity contribution is -0.137. The van der Waals surface area contributed by atoms with E-state index in [1.807, 2.05) is 0 Å². The van der Waals surface area contributed by atoms with E-state index in [1.54, 1.807) is 13.8 Å². The van der Waals surface area contributed by atoms with E-state index in [0.717, 1.165) is 12.1 Å². The molecule has 144 valence electrons. The van der Waals surface area contributed by atoms with Crippen LogP contribution in [0.2, 0.25) is 0 Å². The lowest BCUT2D eigenvalue weighted by atomic mass is 10.0. The van der Waals surface area contributed by atoms with Gasteiger partial charge in [0.2, 0.25) is 0 Å². The third kappa shape index (κ3) is 4.45. The molecular weight excluding hydrogens is 361 g/mol. The van der Waals surface area contributed by atoms with E-state index >= 15 is 0 Å². The third-order valence-electron chi connectivity index (χ3n) is 4.30. The zero-order valence-electron chi connectivity index (χ0n) is 15.0. The predicted molar refractivity (Wildman–Crippen MR) is 92.5 cm³/mol. The molecule has 0 radical (unpaired) electrons. The van der Waals surface area contributed by atoms with Crippen LogP contribution in [0.1, 0.15) is 57.6 Å². The topological polar surface area (TPSA) is 70.5 Å². The molecule has 0 aliphatic carbocycles. The summed E-state index contributed by atoms with van der Waals surface area (Å²) in [6.45, 7) is 5.07. The lowest BCUT2D eigenvalue weighted by Crippen LogP contribution is -2.34. The number of aromatic nitrogens is 1. The summed E-state index contributed by atoms with van der Waals surface area (Å²) in [5, 5.41) is 9.05. The van der Waals surface area contributed by atoms with Crippen LogP contribution < -0.4 is 0 Å². The second-order valence-electron chi connectivity index (χ2n) is 6.02. The number of amides is 1. The maximum absolute atomic E-state index is 12.9. The number of carboxylic acids is 1. The van der Waals surface area contributed by atoms with Crippen molar-refractivity contribution in [2.24, 2.45) is 0 Å². The highest BCUT2D eigenvalue weighted by molar-refractivity contribution is 5.94. The average Bonchev–Trinajstić information content (AvgIpc) is 2.61. The minimum absolute atomic E-state index is 0.0134. The van der Waals surface area contributed by atoms with Gasteiger partial charge in [0, 0.05) is 6.54 Å². The summed E-state index contributed by atoms with van der Waals surface area (Å²) < 4.78 is 38.8. The first-order valence-electron chi connectivity index (χ1n) is 8.25. The molecule has 0 saturated carbocycles. The molecule has 1 aromatic heterocycles. The molecule has 1 heterocycles. The smallest absolute Gasteiger partial charge is 0.416 e. The van der Waals surface area contributed by atoms with Gasteiger partial charge in [0.1, 0.15) is 5.69 Å². The molecule has 0 spiro atoms. The largest absolute Gasteiger partial charge is 0.478 e. The third-order valence-corrected chi connectivity index (χ3v) is 4.30. The van der Waals surface area contributed by atoms with Crippen LogP contribution in [0.4, 0.5) is 13.2 Å². The Balaban J connectivity index is 2.34. The minimum Gasteiger partial charge on any atom is -0.478 e. The van der Waals surface area contributed by atoms with Gasteiger partial charge in [-0.2, -0.15) is 13.2 Å². The zero-order chi connectivity index (χ0) is 20.4. The number of carbonyl (C=O) groups excluding carboxylic acids is 1. The molecule has 1 aromatic carbocycles. The van der Waals surface area contributed by atoms with Crippen LogP contribution >= 0.6 is 0 Å². The molecular formula is C19H19F3N2O3. The molecule has 1 amide bonds. The average molecular weight is 380 g/mol. The molecule has 5 nitrogen and oxygen atoms in total. The van der Waals surface area contributed by atoms with E-state index < -0.39 is 29.7 Å². The molecule has 0 aliphatic rings. The van der Waals surface area contributed by atoms with Crippen LogP contribution in [0, 0.1) is 6.92 Å². The van der Waals surface area contributed by atoms with Crippen molar-refractivity contribution in [3.8, 4) is 0 Å². The lowest BCUT2D eigenvalue weighted by Gasteiger charge is -2.28. The Morgan fingerprint density at radius 1 is 1.22 bits per heavy atom. The number of carbonyl (C=O) groups is 2. The number of carboxylic acid groups (broad SMARTS) is 1. The van der Waals surface area contributed by atoms with Crippen molar-refractivity contribution in [2.45, 2.75) is 33.0 Å². The molecule has 1 N–H and O–H groups in total. The SMILES string of the molecule is CCN(C(=O)c1ccc(C(=O)O)c(C)n1)C(C)c1cccc(C(F)(F)F)c1. The quantitative estimate of drug-likeness (QED) is 0.838. The normalized spacial score (nSPS) is 12.5. The first-order valence-corrected chi connectivity index (χ1v) is 8.25. The molecule has 0 aliphatic heterocycles. The monoisotopic (exact) mass is 380 g/mol. The first-order chi connectivity index (χ1) is 12.6. The van der Waals surface area contributed by atoms with Crippen LogP contribution in [-0.4, -0.2) is 33.4 Å². The second-order valence-corrected chi connectivity index (χ2v) is 6.02. The van der Waals surface area contributed by atoms with Crippen molar-refractivity contribution >= 4 is 11.9 Å². The van der Waals surface area contributed by atoms with Crippen LogP contribution in [0.25, 0.3) is 0 Å². The summed E-state index contributed by atoms with van der Waals surface area (Å²) in [5.74, 6) is -1.63. The highest BCUT2D eigenvalue weighted by Gasteiger charge is 2.31. The van der Waals surface area contributed by atoms with Gasteiger partial charge in [-0.15, -0.1) is 0 Å². The van der Waals surface area contributed by atoms with Crippen LogP contribution in [0.15, 0.2) is 36.4 Å². The van der Waals surface area contributed by atoms with Crippen molar-refractivity contribution in [1.29, 1.82) is 0 Å². The van der Waals surface area contributed by atoms with Crippen LogP contribution in [0.3, 0.4) is 0 Å². The number of pyridine rings is 1. The maximum Gasteiger partial charge on any atom is 0.416 e. The van der Waals surface area contributed by atoms with E-state index in [4.69, 9.17) is 5.11 Å². The number of rotatable bonds is 5. The standard InChI is InChI=1S/C19H19F3N2O3/c1-4-24(12(3)13-6-5-7-14(10-13)19(20,21)22)17(25)16-9-8-15(18(26)27)11(2)23-16/h5-10,12H,4H2,1-3H3,(H,26,27). The number of aromatic carboxylic acids is 1. The Labute approximate surface area is 154 Å². The van der Waals surface area contributed by atoms with E-state index in [2.05, 4.69) is 4.98 Å². The van der Waals surface area contributed by atoms with Gasteiger partial charge in [-0.25, -0.2) is 9.78 Å². The summed E-state index contributed by atoms with van der Waals surface area (Å²) in [5.41, 5.74) is -0.219. The molecule has 2 aromatic rings. The molecule has 0 fully saturated rings. The van der Waals surface area contributed by atoms with Crippen LogP contribution in [-0.2, 0) is 6.18 Å². The van der Waals surface area contributed by atoms with E-state index in [9.17, 15) is 22.8 Å². The van der Waals surface area contributed by atoms with Gasteiger partial charge < -0.3 is 10.0 Å². The van der Waals surface area contributed by atoms with E-state index in [1.165, 1.54) is 36.1 Å². The van der Waals surface area contributed by atoms with E-state index in [-0.39, 0.29) is 23.5 Å². The van der Waals surface area contributed by atoms with Gasteiger partial charge in [-0.3, -0.25) is 4.79 Å². The Hall–Kier alpha value is -2.90. The Morgan fingerprint density at radius 3 is 2.41 bits per heavy atom. The minimum atomic E-state index is -4.47. The van der Waals surface area contributed by atoms with Crippen molar-refractivity contribution in [1.82, 2.24) is 9.88 Å². The van der Waals surface area contributed by atoms with Crippen molar-refractivity contribution < 1.29 is 27.9 Å². The number of aryl methyl sites for hydroxylation is 1. The highest BCUT2D eigenvalue weighted by Crippen LogP contribution is 2.32. The Morgan fingerprint density at radius 2 is 1.89 bits per heavy atom. The highest BCUT2D eigenvalue weighted by atomic mass is 19.4. The Bertz CT molecular complexity index is 866. The summed E-state index contributed by atoms with van der Waals surface area (Å²) in [6.07, 6.45) is -4.47. The maximum atomic E-state index is 12.9. The second kappa shape index (κ2) is 7.77. The summed E-state index contributed by atoms with van der Waals surface area (Å²) in [6, 6.07) is 6.81. The van der Waals surface area contributed by atoms with Crippen LogP contribution in [0.5, 0.6) is 0 Å². The number of halogens is 3. The van der Waals surface area contributed by atoms with Gasteiger partial charge >= 0.3 is 12.1 Å². The summed E-state index contributed by atoms with van der Waals surface area (Å²) >= 11 is 0. The number of hydrogen-bond donors (Lipinski definition) is 1. The van der Waals surface area contributed by atoms with Gasteiger partial charge in [-0.1, -0.05) is 12.1 Å². The van der Waals surface area contributed by atoms with Crippen molar-refractivity contribution in [2.75, 3.05) is 6.54 Å². The zero-order valence-corrected chi connectivity index (χ0v) is 15.0. The number of nitrogens with zero attached hydrogens (tertiary/aromatic N) is 2. The van der Waals surface area contributed by atoms with Gasteiger partial charge in [0.05, 0.1) is 22.9 Å². The summed E-state index contributed by atoms with van der Waals surface area (Å²) in [4.78, 5) is 29.3. The first kappa shape index (κ1) is 20.4. The molecule has 27 heavy (non-hydrogen) atoms. The predicted octanol–water partition coefficient (Wildman–Crippen LogP) is 4.33. The molecule has 0 bridgehead atoms. The molecule has 8 heteroatoms. The number of benzene rings is 1. The Kier molecular flexibility index (Phi) is 5.88. The molecule has 0 saturated heterocycles.